The molecule has 5 nitrogen and oxygen atoms in total. The summed E-state index contributed by atoms with van der Waals surface area (Å²) in [7, 11) is 0. The van der Waals surface area contributed by atoms with Crippen LogP contribution in [0.15, 0.2) is 60.4 Å². The number of nitrogens with one attached hydrogen (secondary N) is 1. The molecule has 2 aromatic heterocycles. The molecule has 1 fully saturated rings. The average Bonchev–Trinajstić information content (AvgIpc) is 3.15. The normalized spacial score (nSPS) is 20.8. The van der Waals surface area contributed by atoms with E-state index in [1.54, 1.807) is 24.4 Å². The van der Waals surface area contributed by atoms with Crippen LogP contribution in [-0.2, 0) is 6.42 Å². The van der Waals surface area contributed by atoms with Crippen molar-refractivity contribution in [3.8, 4) is 5.69 Å². The summed E-state index contributed by atoms with van der Waals surface area (Å²) in [4.78, 5) is 17.8. The van der Waals surface area contributed by atoms with Crippen LogP contribution in [0.4, 0.5) is 4.39 Å². The molecule has 1 aromatic carbocycles. The van der Waals surface area contributed by atoms with Gasteiger partial charge < -0.3 is 5.32 Å². The minimum atomic E-state index is -0.629. The molecule has 0 unspecified atom stereocenters. The summed E-state index contributed by atoms with van der Waals surface area (Å²) >= 11 is 0. The first-order valence-corrected chi connectivity index (χ1v) is 9.38. The third-order valence-corrected chi connectivity index (χ3v) is 5.71. The maximum Gasteiger partial charge on any atom is 0.192 e. The lowest BCUT2D eigenvalue weighted by Crippen LogP contribution is -2.50. The second-order valence-corrected chi connectivity index (χ2v) is 7.34. The van der Waals surface area contributed by atoms with Gasteiger partial charge in [-0.3, -0.25) is 9.78 Å². The van der Waals surface area contributed by atoms with Crippen LogP contribution < -0.4 is 5.32 Å². The van der Waals surface area contributed by atoms with E-state index in [-0.39, 0.29) is 11.6 Å². The Labute approximate surface area is 161 Å². The quantitative estimate of drug-likeness (QED) is 0.715. The van der Waals surface area contributed by atoms with Crippen LogP contribution in [0.2, 0.25) is 0 Å². The van der Waals surface area contributed by atoms with Crippen molar-refractivity contribution in [2.75, 3.05) is 13.1 Å². The Balaban J connectivity index is 1.60. The Bertz CT molecular complexity index is 1070. The van der Waals surface area contributed by atoms with Gasteiger partial charge in [-0.05, 0) is 67.4 Å². The highest BCUT2D eigenvalue weighted by atomic mass is 19.1. The van der Waals surface area contributed by atoms with Crippen molar-refractivity contribution in [1.82, 2.24) is 20.1 Å². The number of halogens is 1. The predicted molar refractivity (Wildman–Crippen MR) is 104 cm³/mol. The largest absolute Gasteiger partial charge is 0.315 e. The summed E-state index contributed by atoms with van der Waals surface area (Å²) in [5.41, 5.74) is 3.76. The van der Waals surface area contributed by atoms with Crippen LogP contribution in [0.3, 0.4) is 0 Å². The molecule has 3 aromatic rings. The summed E-state index contributed by atoms with van der Waals surface area (Å²) in [5.74, 6) is -0.229. The third kappa shape index (κ3) is 2.60. The first-order valence-electron chi connectivity index (χ1n) is 9.38. The number of Topliss-reactive ketones (excluding diaryl/α,β-unsaturated/α-hetero) is 1. The van der Waals surface area contributed by atoms with E-state index in [0.717, 1.165) is 35.5 Å². The highest BCUT2D eigenvalue weighted by Crippen LogP contribution is 2.44. The van der Waals surface area contributed by atoms with Gasteiger partial charge in [0.05, 0.1) is 23.0 Å². The zero-order valence-corrected chi connectivity index (χ0v) is 15.2. The molecule has 28 heavy (non-hydrogen) atoms. The van der Waals surface area contributed by atoms with Gasteiger partial charge in [-0.2, -0.15) is 5.10 Å². The van der Waals surface area contributed by atoms with Gasteiger partial charge in [0.1, 0.15) is 11.5 Å². The predicted octanol–water partition coefficient (Wildman–Crippen LogP) is 3.21. The average molecular weight is 374 g/mol. The van der Waals surface area contributed by atoms with Gasteiger partial charge in [0.15, 0.2) is 5.78 Å². The van der Waals surface area contributed by atoms with Gasteiger partial charge in [-0.25, -0.2) is 9.07 Å². The van der Waals surface area contributed by atoms with E-state index in [1.165, 1.54) is 12.1 Å². The molecule has 1 atom stereocenters. The van der Waals surface area contributed by atoms with Gasteiger partial charge in [0.25, 0.3) is 0 Å². The number of hydrogen-bond donors (Lipinski definition) is 1. The van der Waals surface area contributed by atoms with Crippen molar-refractivity contribution < 1.29 is 9.18 Å². The number of aromatic nitrogens is 3. The Morgan fingerprint density at radius 2 is 2.04 bits per heavy atom. The standard InChI is InChI=1S/C22H19FN4O/c23-17-4-6-18(7-5-17)27-20-11-16-8-10-24-14-22(16,12-15(20)13-26-27)21(28)19-3-1-2-9-25-19/h1-7,9,11,13,24H,8,10,12,14H2/t22-/m0/s1. The Morgan fingerprint density at radius 3 is 2.82 bits per heavy atom. The number of ketones is 1. The van der Waals surface area contributed by atoms with Crippen LogP contribution in [0, 0.1) is 11.2 Å². The number of carbonyl (C=O) groups is 1. The van der Waals surface area contributed by atoms with Gasteiger partial charge in [-0.15, -0.1) is 0 Å². The smallest absolute Gasteiger partial charge is 0.192 e. The van der Waals surface area contributed by atoms with Gasteiger partial charge in [-0.1, -0.05) is 11.6 Å². The lowest BCUT2D eigenvalue weighted by atomic mass is 9.65. The van der Waals surface area contributed by atoms with Crippen LogP contribution in [0.1, 0.15) is 28.2 Å². The molecule has 1 N–H and O–H groups in total. The highest BCUT2D eigenvalue weighted by molar-refractivity contribution is 6.02. The second-order valence-electron chi connectivity index (χ2n) is 7.34. The number of nitrogens with zero attached hydrogens (tertiary/aromatic N) is 3. The highest BCUT2D eigenvalue weighted by Gasteiger charge is 2.47. The van der Waals surface area contributed by atoms with E-state index in [9.17, 15) is 9.18 Å². The monoisotopic (exact) mass is 374 g/mol. The molecular weight excluding hydrogens is 355 g/mol. The fourth-order valence-electron chi connectivity index (χ4n) is 4.27. The molecule has 0 radical (unpaired) electrons. The zero-order chi connectivity index (χ0) is 19.1. The van der Waals surface area contributed by atoms with Crippen LogP contribution >= 0.6 is 0 Å². The van der Waals surface area contributed by atoms with Crippen LogP contribution in [-0.4, -0.2) is 33.6 Å². The minimum Gasteiger partial charge on any atom is -0.315 e. The van der Waals surface area contributed by atoms with Crippen molar-refractivity contribution in [1.29, 1.82) is 0 Å². The molecule has 0 amide bonds. The van der Waals surface area contributed by atoms with E-state index < -0.39 is 5.41 Å². The fraction of sp³-hybridized carbons (Fsp3) is 0.227. The molecule has 3 heterocycles. The maximum atomic E-state index is 13.5. The molecular formula is C22H19FN4O. The first-order chi connectivity index (χ1) is 13.7. The van der Waals surface area contributed by atoms with Gasteiger partial charge >= 0.3 is 0 Å². The van der Waals surface area contributed by atoms with Crippen molar-refractivity contribution >= 4 is 11.9 Å². The minimum absolute atomic E-state index is 0.0479. The second kappa shape index (κ2) is 6.49. The Hall–Kier alpha value is -3.12. The molecule has 0 bridgehead atoms. The topological polar surface area (TPSA) is 59.8 Å². The molecule has 1 aliphatic heterocycles. The number of benzene rings is 1. The molecule has 140 valence electrons. The molecule has 2 aliphatic rings. The zero-order valence-electron chi connectivity index (χ0n) is 15.2. The lowest BCUT2D eigenvalue weighted by molar-refractivity contribution is 0.0812. The number of pyridine rings is 1. The Kier molecular flexibility index (Phi) is 3.94. The van der Waals surface area contributed by atoms with Crippen LogP contribution in [0.5, 0.6) is 0 Å². The van der Waals surface area contributed by atoms with E-state index in [0.29, 0.717) is 18.7 Å². The van der Waals surface area contributed by atoms with Gasteiger partial charge in [0, 0.05) is 12.7 Å². The third-order valence-electron chi connectivity index (χ3n) is 5.71. The summed E-state index contributed by atoms with van der Waals surface area (Å²) < 4.78 is 15.1. The summed E-state index contributed by atoms with van der Waals surface area (Å²) in [6.45, 7) is 1.43. The SMILES string of the molecule is O=C(c1ccccn1)[C@@]12CNCCC1=Cc1c(cnn1-c1ccc(F)cc1)C2. The number of carbonyl (C=O) groups excluding carboxylic acids is 1. The number of hydrogen-bond acceptors (Lipinski definition) is 4. The molecule has 5 rings (SSSR count). The molecule has 0 saturated carbocycles. The molecule has 1 saturated heterocycles. The maximum absolute atomic E-state index is 13.5. The Morgan fingerprint density at radius 1 is 1.18 bits per heavy atom. The molecule has 6 heteroatoms. The van der Waals surface area contributed by atoms with E-state index in [2.05, 4.69) is 21.5 Å². The number of piperidine rings is 1. The van der Waals surface area contributed by atoms with E-state index in [4.69, 9.17) is 0 Å². The van der Waals surface area contributed by atoms with Gasteiger partial charge in [0.2, 0.25) is 0 Å². The lowest BCUT2D eigenvalue weighted by Gasteiger charge is -2.41. The number of fused-ring (bicyclic) bond motifs is 2. The fourth-order valence-corrected chi connectivity index (χ4v) is 4.27. The first kappa shape index (κ1) is 17.0. The molecule has 1 aliphatic carbocycles. The van der Waals surface area contributed by atoms with Crippen molar-refractivity contribution in [3.63, 3.8) is 0 Å². The summed E-state index contributed by atoms with van der Waals surface area (Å²) in [5, 5.41) is 7.91. The summed E-state index contributed by atoms with van der Waals surface area (Å²) in [6.07, 6.45) is 6.94. The van der Waals surface area contributed by atoms with Crippen LogP contribution in [0.25, 0.3) is 11.8 Å². The van der Waals surface area contributed by atoms with Crippen molar-refractivity contribution in [2.45, 2.75) is 12.8 Å². The van der Waals surface area contributed by atoms with E-state index in [1.807, 2.05) is 23.0 Å². The summed E-state index contributed by atoms with van der Waals surface area (Å²) in [6, 6.07) is 11.7. The molecule has 0 spiro atoms. The number of rotatable bonds is 3. The van der Waals surface area contributed by atoms with E-state index >= 15 is 0 Å². The van der Waals surface area contributed by atoms with Crippen molar-refractivity contribution in [3.05, 3.63) is 83.2 Å². The van der Waals surface area contributed by atoms with Crippen molar-refractivity contribution in [2.24, 2.45) is 5.41 Å².